The number of rotatable bonds is 7. The van der Waals surface area contributed by atoms with Crippen molar-refractivity contribution in [2.24, 2.45) is 0 Å². The predicted molar refractivity (Wildman–Crippen MR) is 95.6 cm³/mol. The van der Waals surface area contributed by atoms with Crippen molar-refractivity contribution in [3.05, 3.63) is 28.9 Å². The van der Waals surface area contributed by atoms with Crippen LogP contribution in [0.2, 0.25) is 5.02 Å². The van der Waals surface area contributed by atoms with Crippen LogP contribution in [0, 0.1) is 11.3 Å². The maximum Gasteiger partial charge on any atom is 0.408 e. The van der Waals surface area contributed by atoms with Crippen LogP contribution in [-0.4, -0.2) is 40.2 Å². The number of hydrogen-bond donors (Lipinski definition) is 2. The average molecular weight is 417 g/mol. The number of halogens is 4. The molecule has 1 heterocycles. The molecule has 11 heteroatoms. The summed E-state index contributed by atoms with van der Waals surface area (Å²) in [4.78, 5) is 11.3. The van der Waals surface area contributed by atoms with E-state index < -0.39 is 23.9 Å². The molecule has 0 aliphatic rings. The molecule has 1 aromatic carbocycles. The Labute approximate surface area is 163 Å². The lowest BCUT2D eigenvalue weighted by Crippen LogP contribution is -2.33. The van der Waals surface area contributed by atoms with Gasteiger partial charge in [-0.25, -0.2) is 4.79 Å². The second-order valence-corrected chi connectivity index (χ2v) is 6.15. The Kier molecular flexibility index (Phi) is 6.41. The number of nitrogens with zero attached hydrogens (tertiary/aromatic N) is 3. The first kappa shape index (κ1) is 21.4. The van der Waals surface area contributed by atoms with E-state index in [1.54, 1.807) is 0 Å². The summed E-state index contributed by atoms with van der Waals surface area (Å²) >= 11 is 6.18. The van der Waals surface area contributed by atoms with Crippen molar-refractivity contribution in [2.45, 2.75) is 32.1 Å². The molecule has 1 unspecified atom stereocenters. The van der Waals surface area contributed by atoms with Crippen LogP contribution in [0.1, 0.15) is 23.8 Å². The molecule has 2 aromatic rings. The van der Waals surface area contributed by atoms with Crippen LogP contribution >= 0.6 is 11.6 Å². The second kappa shape index (κ2) is 8.39. The summed E-state index contributed by atoms with van der Waals surface area (Å²) in [5, 5.41) is 24.1. The molecule has 0 spiro atoms. The fraction of sp³-hybridized carbons (Fsp3) is 0.353. The highest BCUT2D eigenvalue weighted by Gasteiger charge is 2.36. The standard InChI is InChI=1S/C17H16ClF3N4O3/c1-9(17(19,20)21)23-10-4-5-11(12(8-10)28-2)15-13(18)14(16(26)27)24-25(15)7-3-6-22/h4-5,8-9,23H,3,7H2,1-2H3,(H,26,27). The number of methoxy groups -OCH3 is 1. The van der Waals surface area contributed by atoms with E-state index in [0.29, 0.717) is 5.56 Å². The number of ether oxygens (including phenoxy) is 1. The van der Waals surface area contributed by atoms with E-state index in [-0.39, 0.29) is 35.1 Å². The van der Waals surface area contributed by atoms with Gasteiger partial charge >= 0.3 is 12.1 Å². The molecule has 150 valence electrons. The fourth-order valence-corrected chi connectivity index (χ4v) is 2.78. The van der Waals surface area contributed by atoms with Crippen LogP contribution in [0.25, 0.3) is 11.3 Å². The Morgan fingerprint density at radius 2 is 2.18 bits per heavy atom. The van der Waals surface area contributed by atoms with E-state index in [1.165, 1.54) is 30.0 Å². The minimum Gasteiger partial charge on any atom is -0.496 e. The summed E-state index contributed by atoms with van der Waals surface area (Å²) in [7, 11) is 1.32. The Hall–Kier alpha value is -2.93. The molecular formula is C17H16ClF3N4O3. The zero-order valence-electron chi connectivity index (χ0n) is 14.8. The topological polar surface area (TPSA) is 100 Å². The molecule has 1 atom stereocenters. The zero-order valence-corrected chi connectivity index (χ0v) is 15.6. The number of carbonyl (C=O) groups is 1. The van der Waals surface area contributed by atoms with Crippen LogP contribution < -0.4 is 10.1 Å². The number of hydrogen-bond acceptors (Lipinski definition) is 5. The normalized spacial score (nSPS) is 12.3. The van der Waals surface area contributed by atoms with Crippen LogP contribution in [0.5, 0.6) is 5.75 Å². The van der Waals surface area contributed by atoms with E-state index in [4.69, 9.17) is 21.6 Å². The van der Waals surface area contributed by atoms with Gasteiger partial charge in [-0.1, -0.05) is 11.6 Å². The third-order valence-electron chi connectivity index (χ3n) is 3.86. The molecule has 0 saturated heterocycles. The van der Waals surface area contributed by atoms with Crippen LogP contribution in [0.4, 0.5) is 18.9 Å². The summed E-state index contributed by atoms with van der Waals surface area (Å²) < 4.78 is 44.8. The lowest BCUT2D eigenvalue weighted by molar-refractivity contribution is -0.138. The Morgan fingerprint density at radius 1 is 1.50 bits per heavy atom. The van der Waals surface area contributed by atoms with Crippen LogP contribution in [-0.2, 0) is 6.54 Å². The van der Waals surface area contributed by atoms with Crippen molar-refractivity contribution in [1.82, 2.24) is 9.78 Å². The SMILES string of the molecule is COc1cc(NC(C)C(F)(F)F)ccc1-c1c(Cl)c(C(=O)O)nn1CCC#N. The van der Waals surface area contributed by atoms with Crippen LogP contribution in [0.3, 0.4) is 0 Å². The summed E-state index contributed by atoms with van der Waals surface area (Å²) in [6.07, 6.45) is -4.38. The van der Waals surface area contributed by atoms with E-state index in [0.717, 1.165) is 6.92 Å². The van der Waals surface area contributed by atoms with Gasteiger partial charge < -0.3 is 15.2 Å². The van der Waals surface area contributed by atoms with Gasteiger partial charge in [-0.2, -0.15) is 23.5 Å². The first-order valence-corrected chi connectivity index (χ1v) is 8.36. The van der Waals surface area contributed by atoms with Crippen molar-refractivity contribution >= 4 is 23.3 Å². The molecule has 0 fully saturated rings. The maximum absolute atomic E-state index is 12.8. The number of aromatic nitrogens is 2. The van der Waals surface area contributed by atoms with Crippen molar-refractivity contribution in [3.63, 3.8) is 0 Å². The van der Waals surface area contributed by atoms with Crippen molar-refractivity contribution < 1.29 is 27.8 Å². The molecular weight excluding hydrogens is 401 g/mol. The fourth-order valence-electron chi connectivity index (χ4n) is 2.46. The van der Waals surface area contributed by atoms with Gasteiger partial charge in [-0.3, -0.25) is 4.68 Å². The largest absolute Gasteiger partial charge is 0.496 e. The predicted octanol–water partition coefficient (Wildman–Crippen LogP) is 4.19. The van der Waals surface area contributed by atoms with Gasteiger partial charge in [0.2, 0.25) is 0 Å². The van der Waals surface area contributed by atoms with Crippen LogP contribution in [0.15, 0.2) is 18.2 Å². The van der Waals surface area contributed by atoms with Gasteiger partial charge in [0, 0.05) is 17.3 Å². The van der Waals surface area contributed by atoms with E-state index in [9.17, 15) is 23.1 Å². The van der Waals surface area contributed by atoms with Gasteiger partial charge in [-0.15, -0.1) is 0 Å². The number of aryl methyl sites for hydroxylation is 1. The number of benzene rings is 1. The van der Waals surface area contributed by atoms with E-state index in [1.807, 2.05) is 6.07 Å². The number of carboxylic acids is 1. The Morgan fingerprint density at radius 3 is 2.71 bits per heavy atom. The minimum atomic E-state index is -4.43. The molecule has 0 saturated carbocycles. The third kappa shape index (κ3) is 4.48. The number of aromatic carboxylic acids is 1. The van der Waals surface area contributed by atoms with Gasteiger partial charge in [0.25, 0.3) is 0 Å². The molecule has 0 amide bonds. The highest BCUT2D eigenvalue weighted by molar-refractivity contribution is 6.35. The number of nitriles is 1. The third-order valence-corrected chi connectivity index (χ3v) is 4.22. The molecule has 2 N–H and O–H groups in total. The van der Waals surface area contributed by atoms with Crippen molar-refractivity contribution in [3.8, 4) is 23.1 Å². The highest BCUT2D eigenvalue weighted by atomic mass is 35.5. The van der Waals surface area contributed by atoms with E-state index in [2.05, 4.69) is 10.4 Å². The summed E-state index contributed by atoms with van der Waals surface area (Å²) in [5.41, 5.74) is 0.282. The number of carboxylic acid groups (broad SMARTS) is 1. The molecule has 7 nitrogen and oxygen atoms in total. The average Bonchev–Trinajstić information content (AvgIpc) is 2.95. The summed E-state index contributed by atoms with van der Waals surface area (Å²) in [5.74, 6) is -1.19. The van der Waals surface area contributed by atoms with Gasteiger partial charge in [0.05, 0.1) is 31.8 Å². The number of nitrogens with one attached hydrogen (secondary N) is 1. The monoisotopic (exact) mass is 416 g/mol. The lowest BCUT2D eigenvalue weighted by Gasteiger charge is -2.19. The molecule has 0 radical (unpaired) electrons. The number of alkyl halides is 3. The van der Waals surface area contributed by atoms with Gasteiger partial charge in [0.1, 0.15) is 16.8 Å². The highest BCUT2D eigenvalue weighted by Crippen LogP contribution is 2.38. The molecule has 28 heavy (non-hydrogen) atoms. The first-order chi connectivity index (χ1) is 13.1. The van der Waals surface area contributed by atoms with Crippen molar-refractivity contribution in [2.75, 3.05) is 12.4 Å². The molecule has 2 rings (SSSR count). The second-order valence-electron chi connectivity index (χ2n) is 5.77. The van der Waals surface area contributed by atoms with E-state index >= 15 is 0 Å². The quantitative estimate of drug-likeness (QED) is 0.702. The summed E-state index contributed by atoms with van der Waals surface area (Å²) in [6, 6.07) is 4.32. The molecule has 1 aromatic heterocycles. The number of anilines is 1. The Bertz CT molecular complexity index is 922. The van der Waals surface area contributed by atoms with Gasteiger partial charge in [0.15, 0.2) is 5.69 Å². The zero-order chi connectivity index (χ0) is 21.1. The molecule has 0 aliphatic heterocycles. The molecule has 0 aliphatic carbocycles. The van der Waals surface area contributed by atoms with Gasteiger partial charge in [-0.05, 0) is 19.1 Å². The lowest BCUT2D eigenvalue weighted by atomic mass is 10.1. The maximum atomic E-state index is 12.8. The smallest absolute Gasteiger partial charge is 0.408 e. The summed E-state index contributed by atoms with van der Waals surface area (Å²) in [6.45, 7) is 1.06. The Balaban J connectivity index is 2.53. The molecule has 0 bridgehead atoms. The van der Waals surface area contributed by atoms with Crippen molar-refractivity contribution in [1.29, 1.82) is 5.26 Å². The first-order valence-electron chi connectivity index (χ1n) is 7.98. The minimum absolute atomic E-state index is 0.0507.